The van der Waals surface area contributed by atoms with E-state index < -0.39 is 6.36 Å². The van der Waals surface area contributed by atoms with Gasteiger partial charge in [-0.05, 0) is 19.5 Å². The number of alkyl halides is 3. The van der Waals surface area contributed by atoms with Crippen molar-refractivity contribution < 1.29 is 17.9 Å². The van der Waals surface area contributed by atoms with Crippen molar-refractivity contribution in [2.45, 2.75) is 32.8 Å². The van der Waals surface area contributed by atoms with Crippen LogP contribution in [0.2, 0.25) is 0 Å². The largest absolute Gasteiger partial charge is 0.573 e. The van der Waals surface area contributed by atoms with Crippen LogP contribution in [0.1, 0.15) is 19.4 Å². The summed E-state index contributed by atoms with van der Waals surface area (Å²) in [5.74, 6) is 0.334. The van der Waals surface area contributed by atoms with Gasteiger partial charge < -0.3 is 20.3 Å². The number of guanidine groups is 1. The highest BCUT2D eigenvalue weighted by Crippen LogP contribution is 2.26. The molecule has 1 aromatic carbocycles. The number of aliphatic imine (C=N–C) groups is 1. The minimum Gasteiger partial charge on any atom is -0.405 e. The highest BCUT2D eigenvalue weighted by molar-refractivity contribution is 14.0. The number of hydrogen-bond acceptors (Lipinski definition) is 4. The Hall–Kier alpha value is -1.27. The molecule has 2 rings (SSSR count). The average Bonchev–Trinajstić information content (AvgIpc) is 2.68. The molecule has 166 valence electrons. The van der Waals surface area contributed by atoms with Crippen molar-refractivity contribution in [3.63, 3.8) is 0 Å². The summed E-state index contributed by atoms with van der Waals surface area (Å²) >= 11 is 0. The van der Waals surface area contributed by atoms with Crippen molar-refractivity contribution in [2.75, 3.05) is 46.3 Å². The molecule has 0 spiro atoms. The summed E-state index contributed by atoms with van der Waals surface area (Å²) in [4.78, 5) is 9.01. The van der Waals surface area contributed by atoms with E-state index in [1.165, 1.54) is 12.1 Å². The number of hydrogen-bond donors (Lipinski definition) is 2. The third kappa shape index (κ3) is 8.95. The molecular weight excluding hydrogens is 498 g/mol. The van der Waals surface area contributed by atoms with Gasteiger partial charge in [-0.1, -0.05) is 25.1 Å². The van der Waals surface area contributed by atoms with Crippen LogP contribution in [0.25, 0.3) is 0 Å². The predicted octanol–water partition coefficient (Wildman–Crippen LogP) is 2.89. The second-order valence-electron chi connectivity index (χ2n) is 6.78. The van der Waals surface area contributed by atoms with Crippen LogP contribution in [0.4, 0.5) is 13.2 Å². The van der Waals surface area contributed by atoms with Crippen LogP contribution in [0, 0.1) is 0 Å². The Morgan fingerprint density at radius 2 is 1.83 bits per heavy atom. The number of piperazine rings is 1. The molecular formula is C19H31F3IN5O. The van der Waals surface area contributed by atoms with E-state index in [9.17, 15) is 13.2 Å². The van der Waals surface area contributed by atoms with Gasteiger partial charge in [-0.25, -0.2) is 0 Å². The number of rotatable bonds is 7. The van der Waals surface area contributed by atoms with E-state index in [0.29, 0.717) is 24.1 Å². The molecule has 1 atom stereocenters. The maximum absolute atomic E-state index is 12.5. The lowest BCUT2D eigenvalue weighted by Crippen LogP contribution is -2.53. The molecule has 1 fully saturated rings. The van der Waals surface area contributed by atoms with E-state index in [0.717, 1.165) is 32.7 Å². The Labute approximate surface area is 187 Å². The summed E-state index contributed by atoms with van der Waals surface area (Å²) < 4.78 is 41.7. The molecule has 6 nitrogen and oxygen atoms in total. The first-order valence-corrected chi connectivity index (χ1v) is 9.57. The highest BCUT2D eigenvalue weighted by atomic mass is 127. The minimum atomic E-state index is -4.72. The van der Waals surface area contributed by atoms with Crippen LogP contribution in [-0.2, 0) is 6.54 Å². The zero-order valence-corrected chi connectivity index (χ0v) is 19.5. The minimum absolute atomic E-state index is 0. The van der Waals surface area contributed by atoms with Crippen molar-refractivity contribution in [3.8, 4) is 5.75 Å². The van der Waals surface area contributed by atoms with Gasteiger partial charge >= 0.3 is 6.36 Å². The lowest BCUT2D eigenvalue weighted by Gasteiger charge is -2.37. The first kappa shape index (κ1) is 25.8. The Kier molecular flexibility index (Phi) is 11.0. The number of halogens is 4. The third-order valence-corrected chi connectivity index (χ3v) is 4.91. The Morgan fingerprint density at radius 3 is 2.41 bits per heavy atom. The average molecular weight is 529 g/mol. The first-order valence-electron chi connectivity index (χ1n) is 9.57. The van der Waals surface area contributed by atoms with Gasteiger partial charge in [-0.2, -0.15) is 0 Å². The summed E-state index contributed by atoms with van der Waals surface area (Å²) in [6.07, 6.45) is -4.72. The van der Waals surface area contributed by atoms with Crippen molar-refractivity contribution in [3.05, 3.63) is 29.8 Å². The van der Waals surface area contributed by atoms with Gasteiger partial charge in [-0.3, -0.25) is 9.89 Å². The van der Waals surface area contributed by atoms with E-state index in [1.807, 2.05) is 0 Å². The molecule has 0 radical (unpaired) electrons. The molecule has 1 aliphatic rings. The number of ether oxygens (including phenoxy) is 1. The summed E-state index contributed by atoms with van der Waals surface area (Å²) in [5, 5.41) is 6.30. The number of para-hydroxylation sites is 1. The van der Waals surface area contributed by atoms with E-state index in [2.05, 4.69) is 44.0 Å². The Bertz CT molecular complexity index is 637. The maximum Gasteiger partial charge on any atom is 0.573 e. The predicted molar refractivity (Wildman–Crippen MR) is 120 cm³/mol. The second kappa shape index (κ2) is 12.4. The molecule has 0 aliphatic carbocycles. The van der Waals surface area contributed by atoms with Crippen LogP contribution in [0.5, 0.6) is 5.75 Å². The van der Waals surface area contributed by atoms with E-state index in [4.69, 9.17) is 0 Å². The normalized spacial score (nSPS) is 17.4. The van der Waals surface area contributed by atoms with Gasteiger partial charge in [0.2, 0.25) is 0 Å². The fourth-order valence-corrected chi connectivity index (χ4v) is 3.17. The summed E-state index contributed by atoms with van der Waals surface area (Å²) in [6, 6.07) is 6.42. The molecule has 29 heavy (non-hydrogen) atoms. The monoisotopic (exact) mass is 529 g/mol. The number of nitrogens with zero attached hydrogens (tertiary/aromatic N) is 3. The summed E-state index contributed by atoms with van der Waals surface area (Å²) in [7, 11) is 1.64. The SMILES string of the molecule is CCN1CCN(C(C)CNC(=NC)NCc2ccccc2OC(F)(F)F)CC1.I. The van der Waals surface area contributed by atoms with Crippen molar-refractivity contribution >= 4 is 29.9 Å². The quantitative estimate of drug-likeness (QED) is 0.324. The van der Waals surface area contributed by atoms with E-state index in [1.54, 1.807) is 19.2 Å². The first-order chi connectivity index (χ1) is 13.3. The van der Waals surface area contributed by atoms with Crippen LogP contribution in [0.15, 0.2) is 29.3 Å². The summed E-state index contributed by atoms with van der Waals surface area (Å²) in [6.45, 7) is 10.5. The molecule has 0 saturated carbocycles. The van der Waals surface area contributed by atoms with E-state index in [-0.39, 0.29) is 36.3 Å². The Balaban J connectivity index is 0.00000420. The topological polar surface area (TPSA) is 52.1 Å². The highest BCUT2D eigenvalue weighted by Gasteiger charge is 2.32. The molecule has 2 N–H and O–H groups in total. The zero-order chi connectivity index (χ0) is 20.6. The van der Waals surface area contributed by atoms with Gasteiger partial charge in [0.1, 0.15) is 5.75 Å². The van der Waals surface area contributed by atoms with Gasteiger partial charge in [-0.15, -0.1) is 37.1 Å². The van der Waals surface area contributed by atoms with Gasteiger partial charge in [0.05, 0.1) is 0 Å². The van der Waals surface area contributed by atoms with Crippen molar-refractivity contribution in [2.24, 2.45) is 4.99 Å². The van der Waals surface area contributed by atoms with E-state index >= 15 is 0 Å². The third-order valence-electron chi connectivity index (χ3n) is 4.91. The van der Waals surface area contributed by atoms with Crippen molar-refractivity contribution in [1.82, 2.24) is 20.4 Å². The number of likely N-dealkylation sites (N-methyl/N-ethyl adjacent to an activating group) is 1. The van der Waals surface area contributed by atoms with Gasteiger partial charge in [0.15, 0.2) is 5.96 Å². The fraction of sp³-hybridized carbons (Fsp3) is 0.632. The molecule has 1 heterocycles. The maximum atomic E-state index is 12.5. The van der Waals surface area contributed by atoms with Crippen LogP contribution < -0.4 is 15.4 Å². The molecule has 1 saturated heterocycles. The number of nitrogens with one attached hydrogen (secondary N) is 2. The molecule has 1 aliphatic heterocycles. The van der Waals surface area contributed by atoms with Gasteiger partial charge in [0, 0.05) is 57.9 Å². The molecule has 1 aromatic rings. The lowest BCUT2D eigenvalue weighted by atomic mass is 10.2. The molecule has 0 bridgehead atoms. The lowest BCUT2D eigenvalue weighted by molar-refractivity contribution is -0.274. The standard InChI is InChI=1S/C19H30F3N5O.HI/c1-4-26-9-11-27(12-10-26)15(2)13-24-18(23-3)25-14-16-7-5-6-8-17(16)28-19(20,21)22;/h5-8,15H,4,9-14H2,1-3H3,(H2,23,24,25);1H. The van der Waals surface area contributed by atoms with Crippen molar-refractivity contribution in [1.29, 1.82) is 0 Å². The van der Waals surface area contributed by atoms with Gasteiger partial charge in [0.25, 0.3) is 0 Å². The number of benzene rings is 1. The fourth-order valence-electron chi connectivity index (χ4n) is 3.17. The second-order valence-corrected chi connectivity index (χ2v) is 6.78. The van der Waals surface area contributed by atoms with Crippen LogP contribution in [0.3, 0.4) is 0 Å². The zero-order valence-electron chi connectivity index (χ0n) is 17.1. The molecule has 0 amide bonds. The molecule has 10 heteroatoms. The van der Waals surface area contributed by atoms with Crippen LogP contribution in [-0.4, -0.2) is 74.5 Å². The molecule has 0 aromatic heterocycles. The Morgan fingerprint density at radius 1 is 1.17 bits per heavy atom. The summed E-state index contributed by atoms with van der Waals surface area (Å²) in [5.41, 5.74) is 0.409. The smallest absolute Gasteiger partial charge is 0.405 e. The molecule has 1 unspecified atom stereocenters. The van der Waals surface area contributed by atoms with Crippen LogP contribution >= 0.6 is 24.0 Å².